The summed E-state index contributed by atoms with van der Waals surface area (Å²) >= 11 is 0. The predicted octanol–water partition coefficient (Wildman–Crippen LogP) is 3.89. The normalized spacial score (nSPS) is 10.4. The largest absolute Gasteiger partial charge is 0.484 e. The zero-order valence-corrected chi connectivity index (χ0v) is 16.3. The lowest BCUT2D eigenvalue weighted by atomic mass is 10.2. The van der Waals surface area contributed by atoms with Crippen LogP contribution in [0.4, 0.5) is 5.69 Å². The summed E-state index contributed by atoms with van der Waals surface area (Å²) in [5.74, 6) is 0.619. The van der Waals surface area contributed by atoms with Crippen LogP contribution < -0.4 is 10.1 Å². The van der Waals surface area contributed by atoms with Gasteiger partial charge in [-0.15, -0.1) is 0 Å². The number of nitrogens with zero attached hydrogens (tertiary/aromatic N) is 1. The number of furan rings is 1. The second kappa shape index (κ2) is 10.1. The number of aryl methyl sites for hydroxylation is 1. The van der Waals surface area contributed by atoms with Crippen molar-refractivity contribution in [1.29, 1.82) is 0 Å². The lowest BCUT2D eigenvalue weighted by Crippen LogP contribution is -2.40. The Bertz CT molecular complexity index is 906. The van der Waals surface area contributed by atoms with Crippen LogP contribution >= 0.6 is 0 Å². The molecule has 6 heteroatoms. The second-order valence-corrected chi connectivity index (χ2v) is 6.53. The van der Waals surface area contributed by atoms with Crippen LogP contribution in [0.1, 0.15) is 18.2 Å². The van der Waals surface area contributed by atoms with Crippen molar-refractivity contribution >= 4 is 17.5 Å². The smallest absolute Gasteiger partial charge is 0.261 e. The van der Waals surface area contributed by atoms with Gasteiger partial charge < -0.3 is 19.4 Å². The maximum atomic E-state index is 12.7. The van der Waals surface area contributed by atoms with Crippen molar-refractivity contribution in [3.8, 4) is 5.75 Å². The van der Waals surface area contributed by atoms with E-state index in [1.165, 1.54) is 16.7 Å². The van der Waals surface area contributed by atoms with Gasteiger partial charge in [0.15, 0.2) is 6.61 Å². The maximum absolute atomic E-state index is 12.7. The Morgan fingerprint density at radius 3 is 2.41 bits per heavy atom. The zero-order chi connectivity index (χ0) is 20.5. The molecule has 0 saturated carbocycles. The van der Waals surface area contributed by atoms with E-state index in [4.69, 9.17) is 9.15 Å². The molecule has 3 aromatic rings. The predicted molar refractivity (Wildman–Crippen MR) is 111 cm³/mol. The van der Waals surface area contributed by atoms with Crippen LogP contribution in [0.25, 0.3) is 0 Å². The fourth-order valence-electron chi connectivity index (χ4n) is 2.78. The van der Waals surface area contributed by atoms with Crippen LogP contribution in [-0.4, -0.2) is 29.9 Å². The molecule has 0 fully saturated rings. The number of carbonyl (C=O) groups excluding carboxylic acids is 2. The summed E-state index contributed by atoms with van der Waals surface area (Å²) < 4.78 is 10.9. The quantitative estimate of drug-likeness (QED) is 0.600. The van der Waals surface area contributed by atoms with E-state index in [9.17, 15) is 9.59 Å². The Hall–Kier alpha value is -3.54. The summed E-state index contributed by atoms with van der Waals surface area (Å²) in [5, 5.41) is 2.79. The van der Waals surface area contributed by atoms with Crippen LogP contribution in [0.3, 0.4) is 0 Å². The standard InChI is InChI=1S/C23H24N2O4/c1-2-18-10-12-20(13-11-18)29-17-23(27)25(15-21-9-6-14-28-21)16-22(26)24-19-7-4-3-5-8-19/h3-14H,2,15-17H2,1H3,(H,24,26). The van der Waals surface area contributed by atoms with E-state index in [-0.39, 0.29) is 31.5 Å². The van der Waals surface area contributed by atoms with Gasteiger partial charge in [0.1, 0.15) is 18.1 Å². The summed E-state index contributed by atoms with van der Waals surface area (Å²) in [6.45, 7) is 2.00. The van der Waals surface area contributed by atoms with Gasteiger partial charge in [0, 0.05) is 5.69 Å². The molecule has 0 radical (unpaired) electrons. The molecular weight excluding hydrogens is 368 g/mol. The lowest BCUT2D eigenvalue weighted by Gasteiger charge is -2.21. The van der Waals surface area contributed by atoms with Gasteiger partial charge in [0.25, 0.3) is 5.91 Å². The minimum Gasteiger partial charge on any atom is -0.484 e. The fourth-order valence-corrected chi connectivity index (χ4v) is 2.78. The van der Waals surface area contributed by atoms with Crippen LogP contribution in [0, 0.1) is 0 Å². The molecule has 3 rings (SSSR count). The van der Waals surface area contributed by atoms with Crippen LogP contribution in [0.15, 0.2) is 77.4 Å². The van der Waals surface area contributed by atoms with E-state index in [2.05, 4.69) is 12.2 Å². The highest BCUT2D eigenvalue weighted by molar-refractivity contribution is 5.94. The molecular formula is C23H24N2O4. The molecule has 0 aliphatic heterocycles. The molecule has 0 unspecified atom stereocenters. The number of para-hydroxylation sites is 1. The third-order valence-corrected chi connectivity index (χ3v) is 4.37. The summed E-state index contributed by atoms with van der Waals surface area (Å²) in [4.78, 5) is 26.6. The lowest BCUT2D eigenvalue weighted by molar-refractivity contribution is -0.137. The Kier molecular flexibility index (Phi) is 7.05. The number of nitrogens with one attached hydrogen (secondary N) is 1. The molecule has 1 N–H and O–H groups in total. The second-order valence-electron chi connectivity index (χ2n) is 6.53. The van der Waals surface area contributed by atoms with Gasteiger partial charge in [-0.05, 0) is 48.4 Å². The number of ether oxygens (including phenoxy) is 1. The minimum atomic E-state index is -0.302. The van der Waals surface area contributed by atoms with Crippen molar-refractivity contribution < 1.29 is 18.7 Å². The van der Waals surface area contributed by atoms with Crippen molar-refractivity contribution in [3.05, 3.63) is 84.3 Å². The van der Waals surface area contributed by atoms with Gasteiger partial charge >= 0.3 is 0 Å². The highest BCUT2D eigenvalue weighted by Crippen LogP contribution is 2.13. The molecule has 1 aromatic heterocycles. The van der Waals surface area contributed by atoms with Gasteiger partial charge in [-0.2, -0.15) is 0 Å². The number of hydrogen-bond donors (Lipinski definition) is 1. The molecule has 0 aliphatic carbocycles. The molecule has 150 valence electrons. The molecule has 6 nitrogen and oxygen atoms in total. The number of carbonyl (C=O) groups is 2. The van der Waals surface area contributed by atoms with Crippen molar-refractivity contribution in [1.82, 2.24) is 4.90 Å². The third-order valence-electron chi connectivity index (χ3n) is 4.37. The first-order valence-corrected chi connectivity index (χ1v) is 9.51. The fraction of sp³-hybridized carbons (Fsp3) is 0.217. The molecule has 1 heterocycles. The Balaban J connectivity index is 1.61. The van der Waals surface area contributed by atoms with Crippen molar-refractivity contribution in [2.24, 2.45) is 0 Å². The number of benzene rings is 2. The summed E-state index contributed by atoms with van der Waals surface area (Å²) in [5.41, 5.74) is 1.87. The van der Waals surface area contributed by atoms with Crippen LogP contribution in [0.5, 0.6) is 5.75 Å². The Morgan fingerprint density at radius 1 is 1.00 bits per heavy atom. The van der Waals surface area contributed by atoms with Gasteiger partial charge in [0.05, 0.1) is 12.8 Å². The summed E-state index contributed by atoms with van der Waals surface area (Å²) in [6, 6.07) is 20.2. The maximum Gasteiger partial charge on any atom is 0.261 e. The summed E-state index contributed by atoms with van der Waals surface area (Å²) in [6.07, 6.45) is 2.47. The third kappa shape index (κ3) is 6.24. The topological polar surface area (TPSA) is 71.8 Å². The first-order chi connectivity index (χ1) is 14.1. The van der Waals surface area contributed by atoms with Crippen molar-refractivity contribution in [2.45, 2.75) is 19.9 Å². The minimum absolute atomic E-state index is 0.105. The molecule has 0 spiro atoms. The average molecular weight is 392 g/mol. The first kappa shape index (κ1) is 20.2. The highest BCUT2D eigenvalue weighted by Gasteiger charge is 2.19. The van der Waals surface area contributed by atoms with E-state index >= 15 is 0 Å². The molecule has 0 saturated heterocycles. The van der Waals surface area contributed by atoms with E-state index in [1.807, 2.05) is 42.5 Å². The van der Waals surface area contributed by atoms with E-state index in [0.717, 1.165) is 6.42 Å². The number of amides is 2. The molecule has 29 heavy (non-hydrogen) atoms. The van der Waals surface area contributed by atoms with E-state index in [0.29, 0.717) is 17.2 Å². The van der Waals surface area contributed by atoms with Gasteiger partial charge in [-0.25, -0.2) is 0 Å². The van der Waals surface area contributed by atoms with Gasteiger partial charge in [0.2, 0.25) is 5.91 Å². The van der Waals surface area contributed by atoms with Crippen molar-refractivity contribution in [2.75, 3.05) is 18.5 Å². The SMILES string of the molecule is CCc1ccc(OCC(=O)N(CC(=O)Nc2ccccc2)Cc2ccco2)cc1. The Morgan fingerprint density at radius 2 is 1.76 bits per heavy atom. The highest BCUT2D eigenvalue weighted by atomic mass is 16.5. The number of anilines is 1. The number of rotatable bonds is 9. The van der Waals surface area contributed by atoms with Crippen molar-refractivity contribution in [3.63, 3.8) is 0 Å². The number of hydrogen-bond acceptors (Lipinski definition) is 4. The monoisotopic (exact) mass is 392 g/mol. The Labute approximate surface area is 170 Å². The zero-order valence-electron chi connectivity index (χ0n) is 16.3. The average Bonchev–Trinajstić information content (AvgIpc) is 3.26. The molecule has 2 amide bonds. The molecule has 0 atom stereocenters. The van der Waals surface area contributed by atoms with Gasteiger partial charge in [-0.1, -0.05) is 37.3 Å². The van der Waals surface area contributed by atoms with Crippen LogP contribution in [-0.2, 0) is 22.6 Å². The van der Waals surface area contributed by atoms with E-state index < -0.39 is 0 Å². The van der Waals surface area contributed by atoms with Crippen LogP contribution in [0.2, 0.25) is 0 Å². The molecule has 0 aliphatic rings. The molecule has 2 aromatic carbocycles. The molecule has 0 bridgehead atoms. The summed E-state index contributed by atoms with van der Waals surface area (Å²) in [7, 11) is 0. The van der Waals surface area contributed by atoms with Gasteiger partial charge in [-0.3, -0.25) is 9.59 Å². The first-order valence-electron chi connectivity index (χ1n) is 9.51. The van der Waals surface area contributed by atoms with E-state index in [1.54, 1.807) is 24.3 Å².